The van der Waals surface area contributed by atoms with Crippen LogP contribution in [0.3, 0.4) is 0 Å². The lowest BCUT2D eigenvalue weighted by atomic mass is 9.74. The van der Waals surface area contributed by atoms with Crippen molar-refractivity contribution in [3.63, 3.8) is 0 Å². The predicted molar refractivity (Wildman–Crippen MR) is 91.3 cm³/mol. The number of piperidine rings is 1. The number of anilines is 1. The second-order valence-corrected chi connectivity index (χ2v) is 6.90. The first-order chi connectivity index (χ1) is 9.67. The van der Waals surface area contributed by atoms with Crippen molar-refractivity contribution in [1.29, 1.82) is 0 Å². The number of likely N-dealkylation sites (tertiary alicyclic amines) is 1. The summed E-state index contributed by atoms with van der Waals surface area (Å²) in [6, 6.07) is 8.39. The highest BCUT2D eigenvalue weighted by atomic mass is 79.9. The summed E-state index contributed by atoms with van der Waals surface area (Å²) in [5, 5.41) is 3.51. The maximum absolute atomic E-state index is 3.51. The van der Waals surface area contributed by atoms with E-state index in [1.807, 2.05) is 0 Å². The molecule has 20 heavy (non-hydrogen) atoms. The lowest BCUT2D eigenvalue weighted by Crippen LogP contribution is -2.41. The summed E-state index contributed by atoms with van der Waals surface area (Å²) in [6.45, 7) is 9.42. The van der Waals surface area contributed by atoms with E-state index in [4.69, 9.17) is 0 Å². The molecule has 1 heterocycles. The molecule has 0 spiro atoms. The highest BCUT2D eigenvalue weighted by Crippen LogP contribution is 2.37. The van der Waals surface area contributed by atoms with Gasteiger partial charge in [-0.05, 0) is 49.5 Å². The third-order valence-electron chi connectivity index (χ3n) is 5.00. The van der Waals surface area contributed by atoms with Gasteiger partial charge in [-0.3, -0.25) is 0 Å². The molecule has 0 atom stereocenters. The van der Waals surface area contributed by atoms with Crippen LogP contribution >= 0.6 is 15.9 Å². The van der Waals surface area contributed by atoms with Gasteiger partial charge in [0, 0.05) is 23.2 Å². The molecule has 0 aliphatic carbocycles. The average molecular weight is 339 g/mol. The molecule has 0 bridgehead atoms. The van der Waals surface area contributed by atoms with Crippen LogP contribution in [0.2, 0.25) is 0 Å². The molecular weight excluding hydrogens is 312 g/mol. The molecule has 1 fully saturated rings. The quantitative estimate of drug-likeness (QED) is 0.804. The lowest BCUT2D eigenvalue weighted by Gasteiger charge is -2.41. The third kappa shape index (κ3) is 4.23. The summed E-state index contributed by atoms with van der Waals surface area (Å²) in [6.07, 6.45) is 5.43. The van der Waals surface area contributed by atoms with Gasteiger partial charge in [-0.25, -0.2) is 0 Å². The van der Waals surface area contributed by atoms with E-state index in [9.17, 15) is 0 Å². The zero-order chi connectivity index (χ0) is 14.4. The average Bonchev–Trinajstić information content (AvgIpc) is 2.48. The minimum Gasteiger partial charge on any atom is -0.384 e. The van der Waals surface area contributed by atoms with Crippen molar-refractivity contribution in [3.8, 4) is 0 Å². The molecule has 1 aliphatic rings. The zero-order valence-electron chi connectivity index (χ0n) is 12.8. The Morgan fingerprint density at radius 2 is 1.90 bits per heavy atom. The second kappa shape index (κ2) is 7.46. The van der Waals surface area contributed by atoms with E-state index < -0.39 is 0 Å². The Morgan fingerprint density at radius 1 is 1.20 bits per heavy atom. The number of benzene rings is 1. The minimum atomic E-state index is 0.633. The van der Waals surface area contributed by atoms with Crippen molar-refractivity contribution in [1.82, 2.24) is 4.90 Å². The topological polar surface area (TPSA) is 15.3 Å². The Bertz CT molecular complexity index is 405. The minimum absolute atomic E-state index is 0.633. The fraction of sp³-hybridized carbons (Fsp3) is 0.647. The first kappa shape index (κ1) is 15.8. The maximum Gasteiger partial charge on any atom is 0.0351 e. The van der Waals surface area contributed by atoms with E-state index in [1.165, 1.54) is 44.5 Å². The van der Waals surface area contributed by atoms with Crippen LogP contribution in [0.4, 0.5) is 5.69 Å². The molecule has 1 aliphatic heterocycles. The number of nitrogens with one attached hydrogen (secondary N) is 1. The number of nitrogens with zero attached hydrogens (tertiary/aromatic N) is 1. The molecule has 0 amide bonds. The van der Waals surface area contributed by atoms with Crippen molar-refractivity contribution in [3.05, 3.63) is 28.7 Å². The zero-order valence-corrected chi connectivity index (χ0v) is 14.4. The van der Waals surface area contributed by atoms with Gasteiger partial charge in [0.15, 0.2) is 0 Å². The summed E-state index contributed by atoms with van der Waals surface area (Å²) < 4.78 is 1.14. The molecule has 2 nitrogen and oxygen atoms in total. The predicted octanol–water partition coefficient (Wildman–Crippen LogP) is 4.76. The molecule has 1 saturated heterocycles. The van der Waals surface area contributed by atoms with Gasteiger partial charge in [0.1, 0.15) is 0 Å². The van der Waals surface area contributed by atoms with Crippen molar-refractivity contribution >= 4 is 21.6 Å². The standard InChI is InChI=1S/C17H27BrN2/c1-3-17(4-2)8-11-20(12-9-17)13-10-19-16-7-5-6-15(18)14-16/h5-7,14,19H,3-4,8-13H2,1-2H3. The summed E-state index contributed by atoms with van der Waals surface area (Å²) >= 11 is 3.51. The molecular formula is C17H27BrN2. The van der Waals surface area contributed by atoms with Gasteiger partial charge >= 0.3 is 0 Å². The van der Waals surface area contributed by atoms with E-state index in [0.717, 1.165) is 17.6 Å². The van der Waals surface area contributed by atoms with E-state index in [2.05, 4.69) is 64.3 Å². The first-order valence-electron chi connectivity index (χ1n) is 7.89. The number of hydrogen-bond acceptors (Lipinski definition) is 2. The van der Waals surface area contributed by atoms with Crippen LogP contribution in [0.5, 0.6) is 0 Å². The molecule has 112 valence electrons. The summed E-state index contributed by atoms with van der Waals surface area (Å²) in [4.78, 5) is 2.61. The van der Waals surface area contributed by atoms with Crippen LogP contribution in [0.15, 0.2) is 28.7 Å². The van der Waals surface area contributed by atoms with Gasteiger partial charge in [0.2, 0.25) is 0 Å². The van der Waals surface area contributed by atoms with Gasteiger partial charge in [0.05, 0.1) is 0 Å². The van der Waals surface area contributed by atoms with Crippen molar-refractivity contribution < 1.29 is 0 Å². The van der Waals surface area contributed by atoms with Crippen LogP contribution in [-0.4, -0.2) is 31.1 Å². The van der Waals surface area contributed by atoms with Crippen molar-refractivity contribution in [2.24, 2.45) is 5.41 Å². The molecule has 1 aromatic carbocycles. The third-order valence-corrected chi connectivity index (χ3v) is 5.49. The molecule has 3 heteroatoms. The number of hydrogen-bond donors (Lipinski definition) is 1. The van der Waals surface area contributed by atoms with E-state index >= 15 is 0 Å². The number of rotatable bonds is 6. The van der Waals surface area contributed by atoms with E-state index in [0.29, 0.717) is 5.41 Å². The fourth-order valence-electron chi connectivity index (χ4n) is 3.16. The smallest absolute Gasteiger partial charge is 0.0351 e. The van der Waals surface area contributed by atoms with Gasteiger partial charge in [-0.15, -0.1) is 0 Å². The number of halogens is 1. The maximum atomic E-state index is 3.51. The molecule has 0 aromatic heterocycles. The normalized spacial score (nSPS) is 18.9. The van der Waals surface area contributed by atoms with Gasteiger partial charge in [0.25, 0.3) is 0 Å². The summed E-state index contributed by atoms with van der Waals surface area (Å²) in [7, 11) is 0. The molecule has 2 rings (SSSR count). The molecule has 0 radical (unpaired) electrons. The van der Waals surface area contributed by atoms with Crippen molar-refractivity contribution in [2.75, 3.05) is 31.5 Å². The molecule has 1 aromatic rings. The SMILES string of the molecule is CCC1(CC)CCN(CCNc2cccc(Br)c2)CC1. The Hall–Kier alpha value is -0.540. The van der Waals surface area contributed by atoms with Crippen LogP contribution < -0.4 is 5.32 Å². The Labute approximate surface area is 132 Å². The highest BCUT2D eigenvalue weighted by molar-refractivity contribution is 9.10. The largest absolute Gasteiger partial charge is 0.384 e. The lowest BCUT2D eigenvalue weighted by molar-refractivity contribution is 0.0983. The Kier molecular flexibility index (Phi) is 5.91. The molecule has 0 saturated carbocycles. The first-order valence-corrected chi connectivity index (χ1v) is 8.68. The van der Waals surface area contributed by atoms with Crippen LogP contribution in [0.1, 0.15) is 39.5 Å². The summed E-state index contributed by atoms with van der Waals surface area (Å²) in [5.41, 5.74) is 1.83. The molecule has 0 unspecified atom stereocenters. The van der Waals surface area contributed by atoms with Gasteiger partial charge < -0.3 is 10.2 Å². The molecule has 1 N–H and O–H groups in total. The summed E-state index contributed by atoms with van der Waals surface area (Å²) in [5.74, 6) is 0. The Morgan fingerprint density at radius 3 is 2.50 bits per heavy atom. The van der Waals surface area contributed by atoms with Crippen LogP contribution in [-0.2, 0) is 0 Å². The second-order valence-electron chi connectivity index (χ2n) is 5.99. The van der Waals surface area contributed by atoms with Crippen LogP contribution in [0.25, 0.3) is 0 Å². The van der Waals surface area contributed by atoms with Gasteiger partial charge in [-0.2, -0.15) is 0 Å². The van der Waals surface area contributed by atoms with Crippen LogP contribution in [0, 0.1) is 5.41 Å². The Balaban J connectivity index is 1.71. The van der Waals surface area contributed by atoms with E-state index in [1.54, 1.807) is 0 Å². The van der Waals surface area contributed by atoms with E-state index in [-0.39, 0.29) is 0 Å². The van der Waals surface area contributed by atoms with Gasteiger partial charge in [-0.1, -0.05) is 48.7 Å². The monoisotopic (exact) mass is 338 g/mol. The van der Waals surface area contributed by atoms with Crippen molar-refractivity contribution in [2.45, 2.75) is 39.5 Å². The highest BCUT2D eigenvalue weighted by Gasteiger charge is 2.30. The fourth-order valence-corrected chi connectivity index (χ4v) is 3.56.